The number of rotatable bonds is 2. The zero-order valence-corrected chi connectivity index (χ0v) is 9.45. The maximum Gasteiger partial charge on any atom is 0.254 e. The summed E-state index contributed by atoms with van der Waals surface area (Å²) in [6.45, 7) is 7.69. The topological polar surface area (TPSA) is 33.2 Å². The number of nitrogens with zero attached hydrogens (tertiary/aromatic N) is 2. The van der Waals surface area contributed by atoms with E-state index in [1.807, 2.05) is 24.2 Å². The van der Waals surface area contributed by atoms with Gasteiger partial charge in [-0.2, -0.15) is 0 Å². The van der Waals surface area contributed by atoms with Gasteiger partial charge in [0.05, 0.1) is 5.56 Å². The first-order valence-corrected chi connectivity index (χ1v) is 5.41. The Morgan fingerprint density at radius 2 is 2.20 bits per heavy atom. The lowest BCUT2D eigenvalue weighted by atomic mass is 9.97. The minimum Gasteiger partial charge on any atom is -0.334 e. The van der Waals surface area contributed by atoms with E-state index in [1.54, 1.807) is 0 Å². The molecule has 0 saturated heterocycles. The van der Waals surface area contributed by atoms with Crippen LogP contribution in [-0.2, 0) is 6.54 Å². The molecule has 0 radical (unpaired) electrons. The van der Waals surface area contributed by atoms with Crippen molar-refractivity contribution >= 4 is 5.91 Å². The normalized spacial score (nSPS) is 14.9. The Kier molecular flexibility index (Phi) is 2.47. The van der Waals surface area contributed by atoms with Gasteiger partial charge in [-0.15, -0.1) is 0 Å². The zero-order chi connectivity index (χ0) is 11.0. The lowest BCUT2D eigenvalue weighted by Gasteiger charge is -2.12. The molecule has 1 aromatic rings. The van der Waals surface area contributed by atoms with Crippen LogP contribution < -0.4 is 0 Å². The monoisotopic (exact) mass is 204 g/mol. The van der Waals surface area contributed by atoms with Crippen LogP contribution in [-0.4, -0.2) is 22.3 Å². The van der Waals surface area contributed by atoms with E-state index < -0.39 is 0 Å². The lowest BCUT2D eigenvalue weighted by molar-refractivity contribution is 0.0786. The molecule has 3 nitrogen and oxygen atoms in total. The maximum atomic E-state index is 12.1. The Bertz CT molecular complexity index is 399. The Hall–Kier alpha value is -1.38. The van der Waals surface area contributed by atoms with Crippen molar-refractivity contribution in [1.82, 2.24) is 9.88 Å². The highest BCUT2D eigenvalue weighted by Crippen LogP contribution is 2.28. The van der Waals surface area contributed by atoms with Crippen LogP contribution in [0.2, 0.25) is 0 Å². The number of aromatic nitrogens is 1. The standard InChI is InChI=1S/C12H16N2O/c1-4-14-7-9-5-13-6-10(8(2)3)11(9)12(14)15/h5-6,8H,4,7H2,1-3H3. The van der Waals surface area contributed by atoms with Crippen LogP contribution in [0.5, 0.6) is 0 Å². The van der Waals surface area contributed by atoms with E-state index in [4.69, 9.17) is 0 Å². The van der Waals surface area contributed by atoms with Gasteiger partial charge >= 0.3 is 0 Å². The summed E-state index contributed by atoms with van der Waals surface area (Å²) in [5.74, 6) is 0.520. The van der Waals surface area contributed by atoms with Crippen LogP contribution in [0.1, 0.15) is 48.2 Å². The SMILES string of the molecule is CCN1Cc2cncc(C(C)C)c2C1=O. The summed E-state index contributed by atoms with van der Waals surface area (Å²) in [5.41, 5.74) is 3.04. The quantitative estimate of drug-likeness (QED) is 0.739. The maximum absolute atomic E-state index is 12.1. The van der Waals surface area contributed by atoms with Gasteiger partial charge in [0.25, 0.3) is 5.91 Å². The van der Waals surface area contributed by atoms with Gasteiger partial charge in [-0.25, -0.2) is 0 Å². The molecule has 0 spiro atoms. The van der Waals surface area contributed by atoms with Crippen LogP contribution in [0.3, 0.4) is 0 Å². The first-order valence-electron chi connectivity index (χ1n) is 5.41. The van der Waals surface area contributed by atoms with Gasteiger partial charge in [-0.3, -0.25) is 9.78 Å². The van der Waals surface area contributed by atoms with E-state index in [2.05, 4.69) is 18.8 Å². The molecular formula is C12H16N2O. The van der Waals surface area contributed by atoms with Crippen LogP contribution in [0.15, 0.2) is 12.4 Å². The largest absolute Gasteiger partial charge is 0.334 e. The fourth-order valence-electron chi connectivity index (χ4n) is 2.03. The summed E-state index contributed by atoms with van der Waals surface area (Å²) in [6, 6.07) is 0. The molecule has 1 aliphatic rings. The molecule has 2 rings (SSSR count). The highest BCUT2D eigenvalue weighted by Gasteiger charge is 2.29. The van der Waals surface area contributed by atoms with Crippen molar-refractivity contribution in [1.29, 1.82) is 0 Å². The third-order valence-corrected chi connectivity index (χ3v) is 2.92. The van der Waals surface area contributed by atoms with Gasteiger partial charge in [0.2, 0.25) is 0 Å². The summed E-state index contributed by atoms with van der Waals surface area (Å²) in [5, 5.41) is 0. The van der Waals surface area contributed by atoms with E-state index in [1.165, 1.54) is 0 Å². The average Bonchev–Trinajstić information content (AvgIpc) is 2.55. The molecule has 0 N–H and O–H groups in total. The number of carbonyl (C=O) groups is 1. The summed E-state index contributed by atoms with van der Waals surface area (Å²) < 4.78 is 0. The van der Waals surface area contributed by atoms with E-state index in [-0.39, 0.29) is 5.91 Å². The molecule has 0 atom stereocenters. The average molecular weight is 204 g/mol. The smallest absolute Gasteiger partial charge is 0.254 e. The molecule has 1 aromatic heterocycles. The number of fused-ring (bicyclic) bond motifs is 1. The zero-order valence-electron chi connectivity index (χ0n) is 9.45. The second-order valence-corrected chi connectivity index (χ2v) is 4.24. The van der Waals surface area contributed by atoms with Crippen molar-refractivity contribution in [3.63, 3.8) is 0 Å². The molecule has 3 heteroatoms. The minimum atomic E-state index is 0.165. The molecule has 0 aliphatic carbocycles. The van der Waals surface area contributed by atoms with Gasteiger partial charge < -0.3 is 4.90 Å². The molecule has 80 valence electrons. The predicted molar refractivity (Wildman–Crippen MR) is 58.7 cm³/mol. The third-order valence-electron chi connectivity index (χ3n) is 2.92. The third kappa shape index (κ3) is 1.52. The van der Waals surface area contributed by atoms with Crippen molar-refractivity contribution in [2.24, 2.45) is 0 Å². The van der Waals surface area contributed by atoms with Gasteiger partial charge in [-0.05, 0) is 18.4 Å². The summed E-state index contributed by atoms with van der Waals surface area (Å²) in [7, 11) is 0. The predicted octanol–water partition coefficient (Wildman–Crippen LogP) is 2.18. The van der Waals surface area contributed by atoms with Crippen molar-refractivity contribution in [3.8, 4) is 0 Å². The van der Waals surface area contributed by atoms with E-state index >= 15 is 0 Å². The number of hydrogen-bond acceptors (Lipinski definition) is 2. The van der Waals surface area contributed by atoms with Gasteiger partial charge in [-0.1, -0.05) is 13.8 Å². The Labute approximate surface area is 90.1 Å². The Morgan fingerprint density at radius 3 is 2.80 bits per heavy atom. The second kappa shape index (κ2) is 3.65. The summed E-state index contributed by atoms with van der Waals surface area (Å²) in [6.07, 6.45) is 3.63. The summed E-state index contributed by atoms with van der Waals surface area (Å²) >= 11 is 0. The molecule has 15 heavy (non-hydrogen) atoms. The van der Waals surface area contributed by atoms with Crippen molar-refractivity contribution in [2.75, 3.05) is 6.54 Å². The fourth-order valence-corrected chi connectivity index (χ4v) is 2.03. The fraction of sp³-hybridized carbons (Fsp3) is 0.500. The van der Waals surface area contributed by atoms with Gasteiger partial charge in [0.1, 0.15) is 0 Å². The van der Waals surface area contributed by atoms with E-state index in [9.17, 15) is 4.79 Å². The Morgan fingerprint density at radius 1 is 1.47 bits per heavy atom. The molecule has 0 fully saturated rings. The van der Waals surface area contributed by atoms with Crippen LogP contribution >= 0.6 is 0 Å². The minimum absolute atomic E-state index is 0.165. The lowest BCUT2D eigenvalue weighted by Crippen LogP contribution is -2.23. The van der Waals surface area contributed by atoms with E-state index in [0.717, 1.165) is 29.8 Å². The highest BCUT2D eigenvalue weighted by atomic mass is 16.2. The molecule has 1 amide bonds. The molecule has 1 aliphatic heterocycles. The van der Waals surface area contributed by atoms with Crippen molar-refractivity contribution in [3.05, 3.63) is 29.1 Å². The van der Waals surface area contributed by atoms with Crippen LogP contribution in [0.4, 0.5) is 0 Å². The number of hydrogen-bond donors (Lipinski definition) is 0. The first-order chi connectivity index (χ1) is 7.15. The van der Waals surface area contributed by atoms with E-state index in [0.29, 0.717) is 5.92 Å². The molecule has 0 bridgehead atoms. The number of pyridine rings is 1. The number of amides is 1. The second-order valence-electron chi connectivity index (χ2n) is 4.24. The molecule has 2 heterocycles. The van der Waals surface area contributed by atoms with Crippen LogP contribution in [0, 0.1) is 0 Å². The summed E-state index contributed by atoms with van der Waals surface area (Å²) in [4.78, 5) is 18.1. The molecule has 0 saturated carbocycles. The highest BCUT2D eigenvalue weighted by molar-refractivity contribution is 5.99. The van der Waals surface area contributed by atoms with Crippen molar-refractivity contribution in [2.45, 2.75) is 33.2 Å². The van der Waals surface area contributed by atoms with Gasteiger partial charge in [0.15, 0.2) is 0 Å². The number of carbonyl (C=O) groups excluding carboxylic acids is 1. The van der Waals surface area contributed by atoms with Crippen LogP contribution in [0.25, 0.3) is 0 Å². The van der Waals surface area contributed by atoms with Crippen molar-refractivity contribution < 1.29 is 4.79 Å². The van der Waals surface area contributed by atoms with Gasteiger partial charge in [0, 0.05) is 31.0 Å². The molecule has 0 unspecified atom stereocenters. The molecule has 0 aromatic carbocycles. The Balaban J connectivity index is 2.51. The first kappa shape index (κ1) is 10.1. The molecular weight excluding hydrogens is 188 g/mol.